The van der Waals surface area contributed by atoms with Crippen LogP contribution in [-0.4, -0.2) is 34.9 Å². The minimum atomic E-state index is -0.836. The molecule has 0 heterocycles. The maximum Gasteiger partial charge on any atom is 0.254 e. The Hall–Kier alpha value is -4.36. The molecule has 0 radical (unpaired) electrons. The van der Waals surface area contributed by atoms with Crippen LogP contribution in [0.2, 0.25) is 0 Å². The maximum atomic E-state index is 14.9. The highest BCUT2D eigenvalue weighted by Gasteiger charge is 2.33. The van der Waals surface area contributed by atoms with Crippen LogP contribution in [0.5, 0.6) is 0 Å². The lowest BCUT2D eigenvalue weighted by Gasteiger charge is -2.20. The number of aliphatic hydroxyl groups excluding tert-OH is 1. The molecule has 1 aliphatic rings. The zero-order valence-electron chi connectivity index (χ0n) is 21.7. The Labute approximate surface area is 226 Å². The van der Waals surface area contributed by atoms with E-state index in [0.29, 0.717) is 24.2 Å². The van der Waals surface area contributed by atoms with Gasteiger partial charge in [-0.05, 0) is 71.1 Å². The van der Waals surface area contributed by atoms with Crippen molar-refractivity contribution in [2.45, 2.75) is 32.0 Å². The van der Waals surface area contributed by atoms with Crippen LogP contribution in [0.1, 0.15) is 40.0 Å². The minimum Gasteiger partial charge on any atom is -0.390 e. The lowest BCUT2D eigenvalue weighted by atomic mass is 10.0. The molecule has 0 aromatic heterocycles. The van der Waals surface area contributed by atoms with Crippen LogP contribution in [0.3, 0.4) is 0 Å². The molecule has 2 atom stereocenters. The fourth-order valence-electron chi connectivity index (χ4n) is 4.83. The second-order valence-electron chi connectivity index (χ2n) is 9.81. The molecule has 5 rings (SSSR count). The first-order valence-electron chi connectivity index (χ1n) is 12.8. The first-order valence-corrected chi connectivity index (χ1v) is 12.8. The number of aliphatic imine (C=N–C) groups is 1. The third kappa shape index (κ3) is 5.89. The molecule has 2 N–H and O–H groups in total. The third-order valence-electron chi connectivity index (χ3n) is 7.06. The number of benzene rings is 4. The van der Waals surface area contributed by atoms with Gasteiger partial charge in [0.1, 0.15) is 17.5 Å². The smallest absolute Gasteiger partial charge is 0.254 e. The van der Waals surface area contributed by atoms with E-state index in [1.54, 1.807) is 18.2 Å². The predicted molar refractivity (Wildman–Crippen MR) is 149 cm³/mol. The van der Waals surface area contributed by atoms with Gasteiger partial charge in [-0.3, -0.25) is 4.79 Å². The molecular weight excluding hydrogens is 496 g/mol. The molecule has 1 amide bonds. The molecule has 4 aromatic carbocycles. The number of aliphatic hydroxyl groups is 1. The second kappa shape index (κ2) is 11.2. The maximum absolute atomic E-state index is 14.9. The number of amides is 1. The van der Waals surface area contributed by atoms with Gasteiger partial charge in [0.05, 0.1) is 23.4 Å². The van der Waals surface area contributed by atoms with Crippen molar-refractivity contribution in [1.82, 2.24) is 10.2 Å². The van der Waals surface area contributed by atoms with E-state index in [-0.39, 0.29) is 11.4 Å². The fourth-order valence-corrected chi connectivity index (χ4v) is 4.83. The van der Waals surface area contributed by atoms with Crippen molar-refractivity contribution in [3.63, 3.8) is 0 Å². The average Bonchev–Trinajstić information content (AvgIpc) is 3.24. The van der Waals surface area contributed by atoms with E-state index in [1.165, 1.54) is 24.3 Å². The van der Waals surface area contributed by atoms with Crippen LogP contribution in [0.25, 0.3) is 11.1 Å². The summed E-state index contributed by atoms with van der Waals surface area (Å²) in [5.41, 5.74) is 4.74. The number of carbonyl (C=O) groups excluding carboxylic acids is 1. The molecule has 4 aromatic rings. The number of hydrogen-bond acceptors (Lipinski definition) is 3. The first-order chi connectivity index (χ1) is 18.8. The number of rotatable bonds is 6. The highest BCUT2D eigenvalue weighted by molar-refractivity contribution is 5.95. The zero-order chi connectivity index (χ0) is 27.5. The van der Waals surface area contributed by atoms with Crippen molar-refractivity contribution in [3.8, 4) is 11.1 Å². The number of amidine groups is 1. The van der Waals surface area contributed by atoms with Crippen LogP contribution in [0, 0.1) is 11.6 Å². The molecule has 1 aliphatic carbocycles. The number of carbonyl (C=O) groups is 1. The van der Waals surface area contributed by atoms with E-state index in [9.17, 15) is 18.7 Å². The Kier molecular flexibility index (Phi) is 7.52. The van der Waals surface area contributed by atoms with Crippen LogP contribution < -0.4 is 5.32 Å². The number of fused-ring (bicyclic) bond motifs is 1. The van der Waals surface area contributed by atoms with E-state index in [0.717, 1.165) is 28.1 Å². The monoisotopic (exact) mass is 525 g/mol. The molecule has 0 spiro atoms. The second-order valence-corrected chi connectivity index (χ2v) is 9.81. The van der Waals surface area contributed by atoms with Gasteiger partial charge in [0, 0.05) is 20.0 Å². The van der Waals surface area contributed by atoms with Gasteiger partial charge < -0.3 is 15.3 Å². The SMILES string of the molecule is C/C(=N\c1ccc2c(c1)[C@@H](NC(=O)c1ccc(-c3ccccc3)cc1F)[C@H](O)C2)N(C)Cc1ccc(F)cc1. The molecule has 5 nitrogen and oxygen atoms in total. The Morgan fingerprint density at radius 1 is 0.974 bits per heavy atom. The van der Waals surface area contributed by atoms with Crippen molar-refractivity contribution in [2.75, 3.05) is 7.05 Å². The summed E-state index contributed by atoms with van der Waals surface area (Å²) in [6, 6.07) is 25.2. The number of nitrogens with zero attached hydrogens (tertiary/aromatic N) is 2. The highest BCUT2D eigenvalue weighted by atomic mass is 19.1. The van der Waals surface area contributed by atoms with Gasteiger partial charge in [0.15, 0.2) is 0 Å². The van der Waals surface area contributed by atoms with Crippen molar-refractivity contribution >= 4 is 17.4 Å². The largest absolute Gasteiger partial charge is 0.390 e. The number of nitrogens with one attached hydrogen (secondary N) is 1. The number of halogens is 2. The van der Waals surface area contributed by atoms with E-state index in [1.807, 2.05) is 67.4 Å². The molecule has 0 saturated carbocycles. The number of hydrogen-bond donors (Lipinski definition) is 2. The van der Waals surface area contributed by atoms with Crippen molar-refractivity contribution in [3.05, 3.63) is 125 Å². The van der Waals surface area contributed by atoms with Gasteiger partial charge in [-0.25, -0.2) is 13.8 Å². The van der Waals surface area contributed by atoms with E-state index in [4.69, 9.17) is 4.99 Å². The third-order valence-corrected chi connectivity index (χ3v) is 7.06. The molecule has 0 saturated heterocycles. The summed E-state index contributed by atoms with van der Waals surface area (Å²) in [4.78, 5) is 19.7. The lowest BCUT2D eigenvalue weighted by Crippen LogP contribution is -2.34. The standard InChI is InChI=1S/C32H29F2N3O2/c1-20(37(2)19-21-8-12-25(33)13-9-21)35-26-14-10-24-17-30(38)31(28(24)18-26)36-32(39)27-15-11-23(16-29(27)34)22-6-4-3-5-7-22/h3-16,18,30-31,38H,17,19H2,1-2H3,(H,36,39)/b35-20+/t30-,31-/m1/s1. The van der Waals surface area contributed by atoms with Gasteiger partial charge in [-0.1, -0.05) is 54.6 Å². The Bertz CT molecular complexity index is 1520. The van der Waals surface area contributed by atoms with E-state index in [2.05, 4.69) is 5.32 Å². The molecule has 198 valence electrons. The molecule has 0 bridgehead atoms. The van der Waals surface area contributed by atoms with Gasteiger partial charge in [0.25, 0.3) is 5.91 Å². The summed E-state index contributed by atoms with van der Waals surface area (Å²) in [6.45, 7) is 2.44. The van der Waals surface area contributed by atoms with Crippen molar-refractivity contribution in [1.29, 1.82) is 0 Å². The zero-order valence-corrected chi connectivity index (χ0v) is 21.7. The Morgan fingerprint density at radius 2 is 1.72 bits per heavy atom. The molecule has 0 unspecified atom stereocenters. The molecule has 0 fully saturated rings. The van der Waals surface area contributed by atoms with Gasteiger partial charge in [-0.15, -0.1) is 0 Å². The van der Waals surface area contributed by atoms with Crippen LogP contribution in [0.15, 0.2) is 96.0 Å². The molecule has 0 aliphatic heterocycles. The minimum absolute atomic E-state index is 0.0808. The summed E-state index contributed by atoms with van der Waals surface area (Å²) in [7, 11) is 1.90. The van der Waals surface area contributed by atoms with Crippen molar-refractivity contribution in [2.24, 2.45) is 4.99 Å². The van der Waals surface area contributed by atoms with Crippen LogP contribution in [-0.2, 0) is 13.0 Å². The van der Waals surface area contributed by atoms with Gasteiger partial charge in [-0.2, -0.15) is 0 Å². The van der Waals surface area contributed by atoms with E-state index >= 15 is 0 Å². The summed E-state index contributed by atoms with van der Waals surface area (Å²) in [6.07, 6.45) is -0.458. The van der Waals surface area contributed by atoms with E-state index < -0.39 is 23.9 Å². The van der Waals surface area contributed by atoms with Crippen molar-refractivity contribution < 1.29 is 18.7 Å². The molecular formula is C32H29F2N3O2. The van der Waals surface area contributed by atoms with Crippen LogP contribution in [0.4, 0.5) is 14.5 Å². The van der Waals surface area contributed by atoms with Gasteiger partial charge >= 0.3 is 0 Å². The first kappa shape index (κ1) is 26.3. The fraction of sp³-hybridized carbons (Fsp3) is 0.188. The summed E-state index contributed by atoms with van der Waals surface area (Å²) >= 11 is 0. The summed E-state index contributed by atoms with van der Waals surface area (Å²) in [5, 5.41) is 13.6. The molecule has 7 heteroatoms. The quantitative estimate of drug-likeness (QED) is 0.233. The highest BCUT2D eigenvalue weighted by Crippen LogP contribution is 2.35. The average molecular weight is 526 g/mol. The Morgan fingerprint density at radius 3 is 2.44 bits per heavy atom. The predicted octanol–water partition coefficient (Wildman–Crippen LogP) is 6.20. The lowest BCUT2D eigenvalue weighted by molar-refractivity contribution is 0.0854. The normalized spacial score (nSPS) is 16.6. The molecule has 39 heavy (non-hydrogen) atoms. The Balaban J connectivity index is 1.32. The van der Waals surface area contributed by atoms with Crippen LogP contribution >= 0.6 is 0 Å². The summed E-state index contributed by atoms with van der Waals surface area (Å²) in [5.74, 6) is -0.743. The van der Waals surface area contributed by atoms with Gasteiger partial charge in [0.2, 0.25) is 0 Å². The topological polar surface area (TPSA) is 64.9 Å². The summed E-state index contributed by atoms with van der Waals surface area (Å²) < 4.78 is 28.2.